The minimum absolute atomic E-state index is 0.139. The molecule has 18 heavy (non-hydrogen) atoms. The average Bonchev–Trinajstić information content (AvgIpc) is 2.37. The summed E-state index contributed by atoms with van der Waals surface area (Å²) in [5, 5.41) is 2.66. The van der Waals surface area contributed by atoms with Gasteiger partial charge in [0.2, 0.25) is 15.9 Å². The van der Waals surface area contributed by atoms with Crippen molar-refractivity contribution in [3.63, 3.8) is 0 Å². The lowest BCUT2D eigenvalue weighted by Gasteiger charge is -2.06. The first-order valence-electron chi connectivity index (χ1n) is 5.39. The van der Waals surface area contributed by atoms with Gasteiger partial charge in [-0.3, -0.25) is 4.79 Å². The molecule has 100 valence electrons. The van der Waals surface area contributed by atoms with E-state index in [4.69, 9.17) is 11.6 Å². The third-order valence-corrected chi connectivity index (χ3v) is 3.95. The van der Waals surface area contributed by atoms with Crippen LogP contribution >= 0.6 is 11.6 Å². The number of hydrogen-bond acceptors (Lipinski definition) is 3. The van der Waals surface area contributed by atoms with E-state index in [-0.39, 0.29) is 10.8 Å². The van der Waals surface area contributed by atoms with Crippen molar-refractivity contribution in [2.24, 2.45) is 0 Å². The standard InChI is InChI=1S/C11H15ClN2O3S/c1-13-18(16,17)10-6-4-9(5-7-10)14-11(15)3-2-8-12/h4-7,13H,2-3,8H2,1H3,(H,14,15). The van der Waals surface area contributed by atoms with Gasteiger partial charge in [0.25, 0.3) is 0 Å². The van der Waals surface area contributed by atoms with E-state index in [0.29, 0.717) is 24.4 Å². The van der Waals surface area contributed by atoms with E-state index in [0.717, 1.165) is 0 Å². The van der Waals surface area contributed by atoms with Crippen LogP contribution in [0.15, 0.2) is 29.2 Å². The molecule has 1 rings (SSSR count). The largest absolute Gasteiger partial charge is 0.326 e. The molecule has 1 aromatic carbocycles. The van der Waals surface area contributed by atoms with Crippen molar-refractivity contribution in [2.45, 2.75) is 17.7 Å². The van der Waals surface area contributed by atoms with Gasteiger partial charge in [-0.2, -0.15) is 0 Å². The fraction of sp³-hybridized carbons (Fsp3) is 0.364. The van der Waals surface area contributed by atoms with Crippen molar-refractivity contribution in [1.82, 2.24) is 4.72 Å². The zero-order valence-electron chi connectivity index (χ0n) is 9.94. The molecule has 1 amide bonds. The Hall–Kier alpha value is -1.11. The summed E-state index contributed by atoms with van der Waals surface area (Å²) in [6.45, 7) is 0. The highest BCUT2D eigenvalue weighted by atomic mass is 35.5. The lowest BCUT2D eigenvalue weighted by molar-refractivity contribution is -0.116. The topological polar surface area (TPSA) is 75.3 Å². The monoisotopic (exact) mass is 290 g/mol. The Bertz CT molecular complexity index is 500. The van der Waals surface area contributed by atoms with E-state index in [1.54, 1.807) is 12.1 Å². The van der Waals surface area contributed by atoms with Crippen molar-refractivity contribution in [1.29, 1.82) is 0 Å². The molecule has 0 spiro atoms. The van der Waals surface area contributed by atoms with Gasteiger partial charge in [0.15, 0.2) is 0 Å². The van der Waals surface area contributed by atoms with E-state index >= 15 is 0 Å². The van der Waals surface area contributed by atoms with E-state index < -0.39 is 10.0 Å². The van der Waals surface area contributed by atoms with Crippen LogP contribution in [0.2, 0.25) is 0 Å². The van der Waals surface area contributed by atoms with Crippen molar-refractivity contribution in [3.05, 3.63) is 24.3 Å². The predicted molar refractivity (Wildman–Crippen MR) is 71.3 cm³/mol. The first-order valence-corrected chi connectivity index (χ1v) is 7.41. The number of carbonyl (C=O) groups excluding carboxylic acids is 1. The van der Waals surface area contributed by atoms with E-state index in [2.05, 4.69) is 10.0 Å². The number of anilines is 1. The van der Waals surface area contributed by atoms with Gasteiger partial charge in [-0.25, -0.2) is 13.1 Å². The summed E-state index contributed by atoms with van der Waals surface area (Å²) < 4.78 is 25.1. The molecule has 0 saturated carbocycles. The highest BCUT2D eigenvalue weighted by Gasteiger charge is 2.10. The average molecular weight is 291 g/mol. The van der Waals surface area contributed by atoms with Gasteiger partial charge in [-0.1, -0.05) is 0 Å². The van der Waals surface area contributed by atoms with Crippen LogP contribution in [0, 0.1) is 0 Å². The summed E-state index contributed by atoms with van der Waals surface area (Å²) in [4.78, 5) is 11.6. The molecule has 0 radical (unpaired) electrons. The zero-order chi connectivity index (χ0) is 13.6. The maximum Gasteiger partial charge on any atom is 0.240 e. The number of alkyl halides is 1. The molecular formula is C11H15ClN2O3S. The molecule has 0 fully saturated rings. The van der Waals surface area contributed by atoms with Crippen LogP contribution in [0.1, 0.15) is 12.8 Å². The molecule has 1 aromatic rings. The molecule has 7 heteroatoms. The molecule has 0 atom stereocenters. The second-order valence-corrected chi connectivity index (χ2v) is 5.84. The van der Waals surface area contributed by atoms with Crippen molar-refractivity contribution >= 4 is 33.2 Å². The highest BCUT2D eigenvalue weighted by molar-refractivity contribution is 7.89. The SMILES string of the molecule is CNS(=O)(=O)c1ccc(NC(=O)CCCCl)cc1. The van der Waals surface area contributed by atoms with E-state index in [1.165, 1.54) is 19.2 Å². The number of carbonyl (C=O) groups is 1. The fourth-order valence-electron chi connectivity index (χ4n) is 1.29. The summed E-state index contributed by atoms with van der Waals surface area (Å²) in [6.07, 6.45) is 0.958. The molecule has 5 nitrogen and oxygen atoms in total. The Kier molecular flexibility index (Phi) is 5.58. The Labute approximate surface area is 112 Å². The summed E-state index contributed by atoms with van der Waals surface area (Å²) in [5.74, 6) is 0.298. The molecular weight excluding hydrogens is 276 g/mol. The lowest BCUT2D eigenvalue weighted by Crippen LogP contribution is -2.18. The minimum Gasteiger partial charge on any atom is -0.326 e. The molecule has 0 heterocycles. The number of amides is 1. The summed E-state index contributed by atoms with van der Waals surface area (Å²) in [6, 6.07) is 5.96. The molecule has 0 aliphatic carbocycles. The van der Waals surface area contributed by atoms with Crippen molar-refractivity contribution < 1.29 is 13.2 Å². The van der Waals surface area contributed by atoms with Gasteiger partial charge in [0.1, 0.15) is 0 Å². The number of halogens is 1. The van der Waals surface area contributed by atoms with Crippen LogP contribution < -0.4 is 10.0 Å². The summed E-state index contributed by atoms with van der Waals surface area (Å²) >= 11 is 5.48. The first-order chi connectivity index (χ1) is 8.49. The van der Waals surface area contributed by atoms with Crippen LogP contribution in [0.4, 0.5) is 5.69 Å². The third-order valence-electron chi connectivity index (χ3n) is 2.25. The summed E-state index contributed by atoms with van der Waals surface area (Å²) in [5.41, 5.74) is 0.560. The van der Waals surface area contributed by atoms with E-state index in [9.17, 15) is 13.2 Å². The molecule has 0 aliphatic heterocycles. The third kappa shape index (κ3) is 4.29. The second-order valence-electron chi connectivity index (χ2n) is 3.57. The Balaban J connectivity index is 2.69. The van der Waals surface area contributed by atoms with Crippen LogP contribution in [0.3, 0.4) is 0 Å². The van der Waals surface area contributed by atoms with Gasteiger partial charge in [-0.15, -0.1) is 11.6 Å². The van der Waals surface area contributed by atoms with Crippen molar-refractivity contribution in [3.8, 4) is 0 Å². The molecule has 0 aromatic heterocycles. The Morgan fingerprint density at radius 1 is 1.28 bits per heavy atom. The van der Waals surface area contributed by atoms with Crippen LogP contribution in [0.25, 0.3) is 0 Å². The van der Waals surface area contributed by atoms with E-state index in [1.807, 2.05) is 0 Å². The maximum atomic E-state index is 11.5. The quantitative estimate of drug-likeness (QED) is 0.781. The van der Waals surface area contributed by atoms with Gasteiger partial charge in [0, 0.05) is 18.0 Å². The predicted octanol–water partition coefficient (Wildman–Crippen LogP) is 1.55. The normalized spacial score (nSPS) is 11.2. The van der Waals surface area contributed by atoms with Crippen LogP contribution in [-0.4, -0.2) is 27.3 Å². The molecule has 0 unspecified atom stereocenters. The number of hydrogen-bond donors (Lipinski definition) is 2. The highest BCUT2D eigenvalue weighted by Crippen LogP contribution is 2.14. The van der Waals surface area contributed by atoms with Crippen LogP contribution in [-0.2, 0) is 14.8 Å². The molecule has 0 bridgehead atoms. The molecule has 0 aliphatic rings. The van der Waals surface area contributed by atoms with Crippen LogP contribution in [0.5, 0.6) is 0 Å². The fourth-order valence-corrected chi connectivity index (χ4v) is 2.15. The van der Waals surface area contributed by atoms with Gasteiger partial charge in [0.05, 0.1) is 4.90 Å². The van der Waals surface area contributed by atoms with Gasteiger partial charge >= 0.3 is 0 Å². The molecule has 2 N–H and O–H groups in total. The smallest absolute Gasteiger partial charge is 0.240 e. The number of rotatable bonds is 6. The Morgan fingerprint density at radius 2 is 1.89 bits per heavy atom. The lowest BCUT2D eigenvalue weighted by atomic mass is 10.3. The minimum atomic E-state index is -3.44. The number of sulfonamides is 1. The number of benzene rings is 1. The molecule has 0 saturated heterocycles. The maximum absolute atomic E-state index is 11.5. The number of nitrogens with one attached hydrogen (secondary N) is 2. The van der Waals surface area contributed by atoms with Crippen molar-refractivity contribution in [2.75, 3.05) is 18.2 Å². The zero-order valence-corrected chi connectivity index (χ0v) is 11.5. The summed E-state index contributed by atoms with van der Waals surface area (Å²) in [7, 11) is -2.09. The Morgan fingerprint density at radius 3 is 2.39 bits per heavy atom. The van der Waals surface area contributed by atoms with Gasteiger partial charge in [-0.05, 0) is 37.7 Å². The first kappa shape index (κ1) is 14.9. The second kappa shape index (κ2) is 6.72. The van der Waals surface area contributed by atoms with Gasteiger partial charge < -0.3 is 5.32 Å².